The summed E-state index contributed by atoms with van der Waals surface area (Å²) in [6.45, 7) is 1.60. The van der Waals surface area contributed by atoms with Crippen molar-refractivity contribution in [3.63, 3.8) is 0 Å². The standard InChI is InChI=1S/C16H19ClN2O2/c1-16(15(18)21,12-7-4-8-13(17)10-12)19-14(20)9-11-5-2-3-6-11/h2,4-5,7-8,10-11H,3,6,9H2,1H3,(H2,18,21)(H,19,20)/t11-,16+/m0/s1. The third-order valence-corrected chi connectivity index (χ3v) is 4.08. The number of carbonyl (C=O) groups excluding carboxylic acids is 2. The number of hydrogen-bond donors (Lipinski definition) is 2. The van der Waals surface area contributed by atoms with Crippen LogP contribution in [0.1, 0.15) is 31.7 Å². The Kier molecular flexibility index (Phi) is 4.68. The third-order valence-electron chi connectivity index (χ3n) is 3.84. The van der Waals surface area contributed by atoms with Gasteiger partial charge in [-0.15, -0.1) is 0 Å². The lowest BCUT2D eigenvalue weighted by Crippen LogP contribution is -2.53. The molecule has 2 rings (SSSR count). The van der Waals surface area contributed by atoms with Crippen LogP contribution in [0.25, 0.3) is 0 Å². The van der Waals surface area contributed by atoms with Gasteiger partial charge >= 0.3 is 0 Å². The zero-order chi connectivity index (χ0) is 15.5. The maximum atomic E-state index is 12.2. The van der Waals surface area contributed by atoms with Crippen molar-refractivity contribution in [3.05, 3.63) is 47.0 Å². The number of allylic oxidation sites excluding steroid dienone is 2. The number of nitrogens with two attached hydrogens (primary N) is 1. The summed E-state index contributed by atoms with van der Waals surface area (Å²) in [7, 11) is 0. The molecule has 4 nitrogen and oxygen atoms in total. The van der Waals surface area contributed by atoms with Gasteiger partial charge in [0, 0.05) is 11.4 Å². The third kappa shape index (κ3) is 3.64. The number of hydrogen-bond acceptors (Lipinski definition) is 2. The van der Waals surface area contributed by atoms with Crippen LogP contribution in [0, 0.1) is 5.92 Å². The van der Waals surface area contributed by atoms with E-state index in [0.717, 1.165) is 12.8 Å². The smallest absolute Gasteiger partial charge is 0.247 e. The van der Waals surface area contributed by atoms with Gasteiger partial charge in [-0.25, -0.2) is 0 Å². The number of halogens is 1. The van der Waals surface area contributed by atoms with Gasteiger partial charge in [0.25, 0.3) is 0 Å². The lowest BCUT2D eigenvalue weighted by atomic mass is 9.90. The molecule has 2 atom stereocenters. The quantitative estimate of drug-likeness (QED) is 0.820. The molecule has 2 amide bonds. The summed E-state index contributed by atoms with van der Waals surface area (Å²) in [5, 5.41) is 3.25. The van der Waals surface area contributed by atoms with Crippen molar-refractivity contribution in [1.29, 1.82) is 0 Å². The van der Waals surface area contributed by atoms with Gasteiger partial charge in [0.05, 0.1) is 0 Å². The highest BCUT2D eigenvalue weighted by atomic mass is 35.5. The second-order valence-electron chi connectivity index (χ2n) is 5.52. The summed E-state index contributed by atoms with van der Waals surface area (Å²) in [5.74, 6) is -0.561. The Morgan fingerprint density at radius 2 is 2.24 bits per heavy atom. The van der Waals surface area contributed by atoms with E-state index in [-0.39, 0.29) is 11.8 Å². The first-order valence-corrected chi connectivity index (χ1v) is 7.33. The first kappa shape index (κ1) is 15.6. The summed E-state index contributed by atoms with van der Waals surface area (Å²) < 4.78 is 0. The highest BCUT2D eigenvalue weighted by Crippen LogP contribution is 2.25. The number of rotatable bonds is 5. The van der Waals surface area contributed by atoms with E-state index in [1.807, 2.05) is 6.08 Å². The van der Waals surface area contributed by atoms with Crippen LogP contribution in [0.5, 0.6) is 0 Å². The van der Waals surface area contributed by atoms with Crippen molar-refractivity contribution in [2.75, 3.05) is 0 Å². The van der Waals surface area contributed by atoms with Crippen molar-refractivity contribution in [1.82, 2.24) is 5.32 Å². The molecule has 0 spiro atoms. The Morgan fingerprint density at radius 3 is 2.81 bits per heavy atom. The Balaban J connectivity index is 2.16. The minimum absolute atomic E-state index is 0.187. The minimum Gasteiger partial charge on any atom is -0.367 e. The second kappa shape index (κ2) is 6.31. The number of benzene rings is 1. The van der Waals surface area contributed by atoms with E-state index in [2.05, 4.69) is 11.4 Å². The largest absolute Gasteiger partial charge is 0.367 e. The maximum absolute atomic E-state index is 12.2. The van der Waals surface area contributed by atoms with Gasteiger partial charge in [-0.3, -0.25) is 9.59 Å². The van der Waals surface area contributed by atoms with Crippen molar-refractivity contribution in [2.24, 2.45) is 11.7 Å². The monoisotopic (exact) mass is 306 g/mol. The van der Waals surface area contributed by atoms with Crippen LogP contribution in [0.15, 0.2) is 36.4 Å². The van der Waals surface area contributed by atoms with Crippen LogP contribution in [0.4, 0.5) is 0 Å². The molecule has 1 aromatic rings. The zero-order valence-electron chi connectivity index (χ0n) is 11.9. The summed E-state index contributed by atoms with van der Waals surface area (Å²) >= 11 is 5.96. The van der Waals surface area contributed by atoms with Crippen molar-refractivity contribution >= 4 is 23.4 Å². The average molecular weight is 307 g/mol. The Bertz CT molecular complexity index is 585. The van der Waals surface area contributed by atoms with Gasteiger partial charge in [0.2, 0.25) is 11.8 Å². The Hall–Kier alpha value is -1.81. The second-order valence-corrected chi connectivity index (χ2v) is 5.95. The summed E-state index contributed by atoms with van der Waals surface area (Å²) in [4.78, 5) is 24.0. The topological polar surface area (TPSA) is 72.2 Å². The number of primary amides is 1. The average Bonchev–Trinajstić information content (AvgIpc) is 2.91. The normalized spacial score (nSPS) is 20.0. The molecule has 0 fully saturated rings. The predicted octanol–water partition coefficient (Wildman–Crippen LogP) is 2.51. The first-order valence-electron chi connectivity index (χ1n) is 6.95. The molecule has 0 saturated carbocycles. The molecule has 0 bridgehead atoms. The summed E-state index contributed by atoms with van der Waals surface area (Å²) in [6, 6.07) is 6.80. The zero-order valence-corrected chi connectivity index (χ0v) is 12.7. The van der Waals surface area contributed by atoms with E-state index in [1.165, 1.54) is 0 Å². The highest BCUT2D eigenvalue weighted by Gasteiger charge is 2.35. The van der Waals surface area contributed by atoms with Crippen LogP contribution in [-0.4, -0.2) is 11.8 Å². The number of nitrogens with one attached hydrogen (secondary N) is 1. The number of carbonyl (C=O) groups is 2. The fourth-order valence-electron chi connectivity index (χ4n) is 2.51. The van der Waals surface area contributed by atoms with Gasteiger partial charge in [-0.1, -0.05) is 35.9 Å². The van der Waals surface area contributed by atoms with Crippen LogP contribution < -0.4 is 11.1 Å². The molecule has 0 unspecified atom stereocenters. The van der Waals surface area contributed by atoms with E-state index in [9.17, 15) is 9.59 Å². The molecule has 5 heteroatoms. The van der Waals surface area contributed by atoms with Crippen molar-refractivity contribution in [2.45, 2.75) is 31.7 Å². The van der Waals surface area contributed by atoms with Gasteiger partial charge < -0.3 is 11.1 Å². The summed E-state index contributed by atoms with van der Waals surface area (Å²) in [5.41, 5.74) is 4.82. The molecule has 1 aromatic carbocycles. The number of amides is 2. The lowest BCUT2D eigenvalue weighted by Gasteiger charge is -2.28. The molecule has 0 radical (unpaired) electrons. The van der Waals surface area contributed by atoms with Gasteiger partial charge in [-0.05, 0) is 43.4 Å². The Morgan fingerprint density at radius 1 is 1.48 bits per heavy atom. The van der Waals surface area contributed by atoms with Crippen LogP contribution in [-0.2, 0) is 15.1 Å². The molecule has 0 saturated heterocycles. The first-order chi connectivity index (χ1) is 9.91. The summed E-state index contributed by atoms with van der Waals surface area (Å²) in [6.07, 6.45) is 6.44. The molecule has 0 aliphatic heterocycles. The van der Waals surface area contributed by atoms with Gasteiger partial charge in [0.1, 0.15) is 5.54 Å². The molecule has 112 valence electrons. The maximum Gasteiger partial charge on any atom is 0.247 e. The van der Waals surface area contributed by atoms with E-state index in [4.69, 9.17) is 17.3 Å². The highest BCUT2D eigenvalue weighted by molar-refractivity contribution is 6.30. The molecule has 3 N–H and O–H groups in total. The lowest BCUT2D eigenvalue weighted by molar-refractivity contribution is -0.131. The molecule has 1 aliphatic rings. The van der Waals surface area contributed by atoms with E-state index >= 15 is 0 Å². The molecular weight excluding hydrogens is 288 g/mol. The fourth-order valence-corrected chi connectivity index (χ4v) is 2.70. The van der Waals surface area contributed by atoms with E-state index in [1.54, 1.807) is 31.2 Å². The fraction of sp³-hybridized carbons (Fsp3) is 0.375. The van der Waals surface area contributed by atoms with Gasteiger partial charge in [0.15, 0.2) is 0 Å². The Labute approximate surface area is 129 Å². The SMILES string of the molecule is C[C@](NC(=O)C[C@H]1C=CCC1)(C(N)=O)c1cccc(Cl)c1. The van der Waals surface area contributed by atoms with Crippen molar-refractivity contribution in [3.8, 4) is 0 Å². The molecule has 21 heavy (non-hydrogen) atoms. The minimum atomic E-state index is -1.26. The van der Waals surface area contributed by atoms with E-state index < -0.39 is 11.4 Å². The molecule has 0 aromatic heterocycles. The molecule has 0 heterocycles. The molecular formula is C16H19ClN2O2. The molecule has 1 aliphatic carbocycles. The van der Waals surface area contributed by atoms with E-state index in [0.29, 0.717) is 17.0 Å². The van der Waals surface area contributed by atoms with Crippen LogP contribution in [0.3, 0.4) is 0 Å². The van der Waals surface area contributed by atoms with Gasteiger partial charge in [-0.2, -0.15) is 0 Å². The van der Waals surface area contributed by atoms with Crippen LogP contribution in [0.2, 0.25) is 5.02 Å². The van der Waals surface area contributed by atoms with Crippen LogP contribution >= 0.6 is 11.6 Å². The van der Waals surface area contributed by atoms with Crippen molar-refractivity contribution < 1.29 is 9.59 Å². The predicted molar refractivity (Wildman–Crippen MR) is 82.6 cm³/mol.